The third-order valence-corrected chi connectivity index (χ3v) is 6.94. The van der Waals surface area contributed by atoms with Crippen LogP contribution < -0.4 is 5.73 Å². The Kier molecular flexibility index (Phi) is 7.38. The standard InChI is InChI=1S/C35H27N.C2H6/c1-2-3-22-33(36)25-14-10-15-26(23-25)34-29-17-6-8-19-31(29)35(32-20-9-7-18-30(32)34)28-21-11-13-24-12-4-5-16-27(24)28;1-2/h2-23H,36H2,1H3;1-2H3/b3-2-,33-22-;. The second-order valence-electron chi connectivity index (χ2n) is 9.10. The summed E-state index contributed by atoms with van der Waals surface area (Å²) in [5, 5.41) is 7.52. The molecule has 2 N–H and O–H groups in total. The molecule has 0 unspecified atom stereocenters. The van der Waals surface area contributed by atoms with Crippen LogP contribution >= 0.6 is 0 Å². The lowest BCUT2D eigenvalue weighted by Crippen LogP contribution is -1.96. The average Bonchev–Trinajstić information content (AvgIpc) is 2.99. The van der Waals surface area contributed by atoms with Gasteiger partial charge in [0, 0.05) is 5.70 Å². The van der Waals surface area contributed by atoms with Gasteiger partial charge in [0.2, 0.25) is 0 Å². The fraction of sp³-hybridized carbons (Fsp3) is 0.0811. The zero-order valence-corrected chi connectivity index (χ0v) is 22.3. The lowest BCUT2D eigenvalue weighted by molar-refractivity contribution is 1.50. The smallest absolute Gasteiger partial charge is 0.0387 e. The van der Waals surface area contributed by atoms with Crippen LogP contribution in [0.1, 0.15) is 26.3 Å². The molecule has 0 heterocycles. The number of rotatable bonds is 4. The van der Waals surface area contributed by atoms with Crippen LogP contribution in [0.3, 0.4) is 0 Å². The van der Waals surface area contributed by atoms with Gasteiger partial charge in [-0.25, -0.2) is 0 Å². The minimum atomic E-state index is 0.760. The van der Waals surface area contributed by atoms with Gasteiger partial charge in [-0.15, -0.1) is 0 Å². The van der Waals surface area contributed by atoms with Crippen molar-refractivity contribution in [2.45, 2.75) is 20.8 Å². The Labute approximate surface area is 225 Å². The SMILES string of the molecule is C/C=C\C=C(/N)c1cccc(-c2c3ccccc3c(-c3cccc4ccccc34)c3ccccc23)c1.CC. The number of allylic oxidation sites excluding steroid dienone is 3. The van der Waals surface area contributed by atoms with Crippen LogP contribution in [0.4, 0.5) is 0 Å². The quantitative estimate of drug-likeness (QED) is 0.193. The molecule has 6 aromatic rings. The molecule has 6 aromatic carbocycles. The Morgan fingerprint density at radius 2 is 1.11 bits per heavy atom. The van der Waals surface area contributed by atoms with Crippen LogP contribution in [0, 0.1) is 0 Å². The fourth-order valence-electron chi connectivity index (χ4n) is 5.32. The molecule has 0 amide bonds. The molecule has 0 spiro atoms. The van der Waals surface area contributed by atoms with Crippen molar-refractivity contribution in [1.29, 1.82) is 0 Å². The molecule has 0 aromatic heterocycles. The molecule has 0 radical (unpaired) electrons. The van der Waals surface area contributed by atoms with Gasteiger partial charge in [0.25, 0.3) is 0 Å². The highest BCUT2D eigenvalue weighted by atomic mass is 14.6. The Morgan fingerprint density at radius 3 is 1.74 bits per heavy atom. The Balaban J connectivity index is 0.00000144. The second-order valence-corrected chi connectivity index (χ2v) is 9.10. The van der Waals surface area contributed by atoms with Crippen molar-refractivity contribution in [3.05, 3.63) is 139 Å². The maximum Gasteiger partial charge on any atom is 0.0387 e. The zero-order valence-electron chi connectivity index (χ0n) is 22.3. The fourth-order valence-corrected chi connectivity index (χ4v) is 5.32. The molecule has 6 rings (SSSR count). The van der Waals surface area contributed by atoms with Crippen molar-refractivity contribution in [3.63, 3.8) is 0 Å². The minimum absolute atomic E-state index is 0.760. The monoisotopic (exact) mass is 491 g/mol. The van der Waals surface area contributed by atoms with Crippen molar-refractivity contribution in [2.75, 3.05) is 0 Å². The van der Waals surface area contributed by atoms with E-state index in [1.54, 1.807) is 0 Å². The van der Waals surface area contributed by atoms with Crippen molar-refractivity contribution >= 4 is 38.0 Å². The predicted molar refractivity (Wildman–Crippen MR) is 168 cm³/mol. The summed E-state index contributed by atoms with van der Waals surface area (Å²) >= 11 is 0. The third kappa shape index (κ3) is 4.48. The van der Waals surface area contributed by atoms with Gasteiger partial charge in [-0.1, -0.05) is 135 Å². The van der Waals surface area contributed by atoms with Gasteiger partial charge in [0.05, 0.1) is 0 Å². The minimum Gasteiger partial charge on any atom is -0.398 e. The van der Waals surface area contributed by atoms with Gasteiger partial charge in [-0.3, -0.25) is 0 Å². The lowest BCUT2D eigenvalue weighted by atomic mass is 9.84. The van der Waals surface area contributed by atoms with E-state index in [1.165, 1.54) is 54.6 Å². The van der Waals surface area contributed by atoms with Gasteiger partial charge >= 0.3 is 0 Å². The molecule has 0 saturated heterocycles. The van der Waals surface area contributed by atoms with Crippen molar-refractivity contribution in [2.24, 2.45) is 5.73 Å². The van der Waals surface area contributed by atoms with E-state index in [1.807, 2.05) is 39.0 Å². The first kappa shape index (κ1) is 25.0. The number of hydrogen-bond donors (Lipinski definition) is 1. The summed E-state index contributed by atoms with van der Waals surface area (Å²) in [6.45, 7) is 6.00. The summed E-state index contributed by atoms with van der Waals surface area (Å²) in [5.74, 6) is 0. The molecule has 38 heavy (non-hydrogen) atoms. The molecule has 1 heteroatoms. The Morgan fingerprint density at radius 1 is 0.579 bits per heavy atom. The lowest BCUT2D eigenvalue weighted by Gasteiger charge is -2.19. The van der Waals surface area contributed by atoms with E-state index < -0.39 is 0 Å². The van der Waals surface area contributed by atoms with Crippen LogP contribution in [0.5, 0.6) is 0 Å². The van der Waals surface area contributed by atoms with Gasteiger partial charge in [-0.05, 0) is 79.2 Å². The van der Waals surface area contributed by atoms with Crippen molar-refractivity contribution < 1.29 is 0 Å². The van der Waals surface area contributed by atoms with Gasteiger partial charge in [0.1, 0.15) is 0 Å². The van der Waals surface area contributed by atoms with E-state index in [-0.39, 0.29) is 0 Å². The highest BCUT2D eigenvalue weighted by Crippen LogP contribution is 2.45. The van der Waals surface area contributed by atoms with E-state index in [9.17, 15) is 0 Å². The number of fused-ring (bicyclic) bond motifs is 3. The summed E-state index contributed by atoms with van der Waals surface area (Å²) in [6, 6.07) is 41.4. The molecule has 0 atom stereocenters. The number of hydrogen-bond acceptors (Lipinski definition) is 1. The van der Waals surface area contributed by atoms with Crippen molar-refractivity contribution in [3.8, 4) is 22.3 Å². The van der Waals surface area contributed by atoms with E-state index in [4.69, 9.17) is 5.73 Å². The normalized spacial score (nSPS) is 11.7. The molecular weight excluding hydrogens is 458 g/mol. The molecule has 0 saturated carbocycles. The van der Waals surface area contributed by atoms with E-state index >= 15 is 0 Å². The Hall–Kier alpha value is -4.62. The molecule has 0 bridgehead atoms. The van der Waals surface area contributed by atoms with Gasteiger partial charge in [0.15, 0.2) is 0 Å². The van der Waals surface area contributed by atoms with Crippen LogP contribution in [-0.4, -0.2) is 0 Å². The highest BCUT2D eigenvalue weighted by molar-refractivity contribution is 6.23. The molecular formula is C37H33N. The number of benzene rings is 6. The first-order valence-corrected chi connectivity index (χ1v) is 13.4. The summed E-state index contributed by atoms with van der Waals surface area (Å²) in [7, 11) is 0. The van der Waals surface area contributed by atoms with Gasteiger partial charge in [-0.2, -0.15) is 0 Å². The molecule has 0 aliphatic rings. The van der Waals surface area contributed by atoms with Crippen molar-refractivity contribution in [1.82, 2.24) is 0 Å². The highest BCUT2D eigenvalue weighted by Gasteiger charge is 2.17. The summed E-state index contributed by atoms with van der Waals surface area (Å²) in [6.07, 6.45) is 5.93. The zero-order chi connectivity index (χ0) is 26.5. The first-order chi connectivity index (χ1) is 18.8. The summed E-state index contributed by atoms with van der Waals surface area (Å²) in [4.78, 5) is 0. The topological polar surface area (TPSA) is 26.0 Å². The maximum atomic E-state index is 6.42. The van der Waals surface area contributed by atoms with E-state index in [0.29, 0.717) is 0 Å². The average molecular weight is 492 g/mol. The third-order valence-electron chi connectivity index (χ3n) is 6.94. The maximum absolute atomic E-state index is 6.42. The predicted octanol–water partition coefficient (Wildman–Crippen LogP) is 10.4. The van der Waals surface area contributed by atoms with Crippen LogP contribution in [-0.2, 0) is 0 Å². The van der Waals surface area contributed by atoms with Crippen LogP contribution in [0.15, 0.2) is 133 Å². The molecule has 0 aliphatic heterocycles. The number of nitrogens with two attached hydrogens (primary N) is 1. The summed E-state index contributed by atoms with van der Waals surface area (Å²) in [5.41, 5.74) is 13.2. The molecule has 0 aliphatic carbocycles. The summed E-state index contributed by atoms with van der Waals surface area (Å²) < 4.78 is 0. The first-order valence-electron chi connectivity index (χ1n) is 13.4. The van der Waals surface area contributed by atoms with Crippen LogP contribution in [0.2, 0.25) is 0 Å². The van der Waals surface area contributed by atoms with Crippen LogP contribution in [0.25, 0.3) is 60.3 Å². The van der Waals surface area contributed by atoms with E-state index in [0.717, 1.165) is 11.3 Å². The Bertz CT molecular complexity index is 1740. The molecule has 0 fully saturated rings. The molecule has 186 valence electrons. The van der Waals surface area contributed by atoms with Gasteiger partial charge < -0.3 is 5.73 Å². The largest absolute Gasteiger partial charge is 0.398 e. The second kappa shape index (κ2) is 11.2. The van der Waals surface area contributed by atoms with E-state index in [2.05, 4.69) is 115 Å². The molecule has 1 nitrogen and oxygen atoms in total.